The van der Waals surface area contributed by atoms with Gasteiger partial charge in [0.1, 0.15) is 11.6 Å². The van der Waals surface area contributed by atoms with E-state index in [1.807, 2.05) is 31.3 Å². The Labute approximate surface area is 154 Å². The monoisotopic (exact) mass is 356 g/mol. The summed E-state index contributed by atoms with van der Waals surface area (Å²) in [5, 5.41) is 10.7. The van der Waals surface area contributed by atoms with Gasteiger partial charge < -0.3 is 15.0 Å². The molecule has 0 radical (unpaired) electrons. The largest absolute Gasteiger partial charge is 0.497 e. The molecule has 1 aromatic carbocycles. The lowest BCUT2D eigenvalue weighted by Gasteiger charge is -2.37. The summed E-state index contributed by atoms with van der Waals surface area (Å²) in [6.07, 6.45) is 1.28. The fourth-order valence-electron chi connectivity index (χ4n) is 3.57. The first-order valence-corrected chi connectivity index (χ1v) is 9.10. The van der Waals surface area contributed by atoms with Crippen LogP contribution < -0.4 is 10.1 Å². The number of hydrogen-bond donors (Lipinski definition) is 2. The van der Waals surface area contributed by atoms with Crippen LogP contribution in [0.5, 0.6) is 5.75 Å². The Morgan fingerprint density at radius 1 is 1.27 bits per heavy atom. The van der Waals surface area contributed by atoms with E-state index in [1.165, 1.54) is 6.42 Å². The molecule has 7 heteroatoms. The Bertz CT molecular complexity index is 729. The second kappa shape index (κ2) is 8.21. The average Bonchev–Trinajstić information content (AvgIpc) is 3.10. The van der Waals surface area contributed by atoms with Crippen molar-refractivity contribution in [3.05, 3.63) is 30.1 Å². The van der Waals surface area contributed by atoms with Crippen LogP contribution in [0.1, 0.15) is 26.1 Å². The Kier molecular flexibility index (Phi) is 5.75. The molecule has 2 aromatic rings. The number of likely N-dealkylation sites (tertiary alicyclic amines) is 1. The summed E-state index contributed by atoms with van der Waals surface area (Å²) >= 11 is 0. The average molecular weight is 356 g/mol. The number of H-pyrrole nitrogens is 1. The van der Waals surface area contributed by atoms with Crippen LogP contribution in [-0.4, -0.2) is 53.3 Å². The number of guanidine groups is 1. The van der Waals surface area contributed by atoms with Gasteiger partial charge in [0.15, 0.2) is 11.8 Å². The summed E-state index contributed by atoms with van der Waals surface area (Å²) in [5.41, 5.74) is 0.955. The summed E-state index contributed by atoms with van der Waals surface area (Å²) in [4.78, 5) is 11.3. The van der Waals surface area contributed by atoms with Crippen molar-refractivity contribution in [2.75, 3.05) is 27.2 Å². The minimum Gasteiger partial charge on any atom is -0.497 e. The highest BCUT2D eigenvalue weighted by Crippen LogP contribution is 2.21. The molecular formula is C19H28N6O. The molecule has 2 unspecified atom stereocenters. The molecule has 0 spiro atoms. The van der Waals surface area contributed by atoms with Crippen LogP contribution in [0.15, 0.2) is 29.3 Å². The maximum atomic E-state index is 5.18. The topological polar surface area (TPSA) is 78.4 Å². The van der Waals surface area contributed by atoms with Gasteiger partial charge in [-0.2, -0.15) is 5.10 Å². The number of aromatic nitrogens is 3. The maximum absolute atomic E-state index is 5.18. The summed E-state index contributed by atoms with van der Waals surface area (Å²) in [5.74, 6) is 4.58. The van der Waals surface area contributed by atoms with E-state index in [0.29, 0.717) is 24.2 Å². The van der Waals surface area contributed by atoms with Crippen LogP contribution >= 0.6 is 0 Å². The van der Waals surface area contributed by atoms with Crippen molar-refractivity contribution in [3.63, 3.8) is 0 Å². The molecule has 0 aliphatic carbocycles. The van der Waals surface area contributed by atoms with E-state index < -0.39 is 0 Å². The van der Waals surface area contributed by atoms with E-state index in [4.69, 9.17) is 4.74 Å². The molecule has 2 atom stereocenters. The molecule has 1 aliphatic heterocycles. The second-order valence-electron chi connectivity index (χ2n) is 7.09. The number of aliphatic imine (C=N–C) groups is 1. The Balaban J connectivity index is 1.61. The minimum absolute atomic E-state index is 0.565. The number of nitrogens with one attached hydrogen (secondary N) is 2. The van der Waals surface area contributed by atoms with Crippen LogP contribution in [0.4, 0.5) is 0 Å². The van der Waals surface area contributed by atoms with Crippen LogP contribution in [0.25, 0.3) is 11.4 Å². The van der Waals surface area contributed by atoms with E-state index >= 15 is 0 Å². The molecule has 2 N–H and O–H groups in total. The van der Waals surface area contributed by atoms with Gasteiger partial charge in [-0.1, -0.05) is 13.8 Å². The summed E-state index contributed by atoms with van der Waals surface area (Å²) in [6.45, 7) is 7.24. The van der Waals surface area contributed by atoms with Crippen molar-refractivity contribution in [3.8, 4) is 17.1 Å². The molecule has 1 aliphatic rings. The smallest absolute Gasteiger partial charge is 0.194 e. The lowest BCUT2D eigenvalue weighted by molar-refractivity contribution is 0.208. The molecule has 7 nitrogen and oxygen atoms in total. The maximum Gasteiger partial charge on any atom is 0.194 e. The van der Waals surface area contributed by atoms with Gasteiger partial charge in [0.2, 0.25) is 0 Å². The second-order valence-corrected chi connectivity index (χ2v) is 7.09. The molecule has 1 saturated heterocycles. The number of nitrogens with zero attached hydrogens (tertiary/aromatic N) is 4. The number of rotatable bonds is 4. The van der Waals surface area contributed by atoms with E-state index in [1.54, 1.807) is 7.11 Å². The first-order valence-electron chi connectivity index (χ1n) is 9.10. The highest BCUT2D eigenvalue weighted by molar-refractivity contribution is 5.79. The van der Waals surface area contributed by atoms with Crippen LogP contribution in [0, 0.1) is 11.8 Å². The molecule has 0 saturated carbocycles. The van der Waals surface area contributed by atoms with Crippen LogP contribution in [-0.2, 0) is 6.54 Å². The fraction of sp³-hybridized carbons (Fsp3) is 0.526. The third kappa shape index (κ3) is 4.33. The van der Waals surface area contributed by atoms with E-state index in [9.17, 15) is 0 Å². The van der Waals surface area contributed by atoms with Gasteiger partial charge in [-0.15, -0.1) is 0 Å². The molecule has 0 amide bonds. The number of methoxy groups -OCH3 is 1. The third-order valence-electron chi connectivity index (χ3n) is 4.67. The van der Waals surface area contributed by atoms with Crippen LogP contribution in [0.3, 0.4) is 0 Å². The molecule has 1 fully saturated rings. The lowest BCUT2D eigenvalue weighted by atomic mass is 9.92. The van der Waals surface area contributed by atoms with Crippen LogP contribution in [0.2, 0.25) is 0 Å². The molecule has 140 valence electrons. The Morgan fingerprint density at radius 2 is 1.96 bits per heavy atom. The van der Waals surface area contributed by atoms with Crippen molar-refractivity contribution < 1.29 is 4.74 Å². The quantitative estimate of drug-likeness (QED) is 0.650. The molecule has 1 aromatic heterocycles. The standard InChI is InChI=1S/C19H28N6O/c1-13-9-14(2)12-25(11-13)19(20-3)21-10-17-22-18(24-23-17)15-5-7-16(26-4)8-6-15/h5-8,13-14H,9-12H2,1-4H3,(H,20,21)(H,22,23,24). The van der Waals surface area contributed by atoms with Gasteiger partial charge in [0.05, 0.1) is 13.7 Å². The fourth-order valence-corrected chi connectivity index (χ4v) is 3.57. The summed E-state index contributed by atoms with van der Waals surface area (Å²) in [6, 6.07) is 7.72. The Hall–Kier alpha value is -2.57. The molecule has 26 heavy (non-hydrogen) atoms. The first kappa shape index (κ1) is 18.2. The van der Waals surface area contributed by atoms with Crippen molar-refractivity contribution in [1.82, 2.24) is 25.4 Å². The van der Waals surface area contributed by atoms with Gasteiger partial charge in [-0.3, -0.25) is 10.1 Å². The van der Waals surface area contributed by atoms with Gasteiger partial charge in [0.25, 0.3) is 0 Å². The molecule has 3 rings (SSSR count). The minimum atomic E-state index is 0.565. The SMILES string of the molecule is CN=C(NCc1nc(-c2ccc(OC)cc2)n[nH]1)N1CC(C)CC(C)C1. The lowest BCUT2D eigenvalue weighted by Crippen LogP contribution is -2.48. The Morgan fingerprint density at radius 3 is 2.58 bits per heavy atom. The zero-order valence-corrected chi connectivity index (χ0v) is 16.0. The normalized spacial score (nSPS) is 20.9. The number of benzene rings is 1. The van der Waals surface area contributed by atoms with Gasteiger partial charge >= 0.3 is 0 Å². The van der Waals surface area contributed by atoms with E-state index in [-0.39, 0.29) is 0 Å². The van der Waals surface area contributed by atoms with Crippen molar-refractivity contribution >= 4 is 5.96 Å². The highest BCUT2D eigenvalue weighted by atomic mass is 16.5. The highest BCUT2D eigenvalue weighted by Gasteiger charge is 2.24. The zero-order valence-electron chi connectivity index (χ0n) is 16.0. The predicted octanol–water partition coefficient (Wildman–Crippen LogP) is 2.53. The number of hydrogen-bond acceptors (Lipinski definition) is 4. The number of aromatic amines is 1. The molecular weight excluding hydrogens is 328 g/mol. The van der Waals surface area contributed by atoms with Gasteiger partial charge in [-0.25, -0.2) is 4.98 Å². The number of piperidine rings is 1. The van der Waals surface area contributed by atoms with Crippen molar-refractivity contribution in [2.45, 2.75) is 26.8 Å². The number of ether oxygens (including phenoxy) is 1. The summed E-state index contributed by atoms with van der Waals surface area (Å²) in [7, 11) is 3.48. The predicted molar refractivity (Wildman–Crippen MR) is 103 cm³/mol. The molecule has 0 bridgehead atoms. The first-order chi connectivity index (χ1) is 12.6. The van der Waals surface area contributed by atoms with Crippen molar-refractivity contribution in [2.24, 2.45) is 16.8 Å². The van der Waals surface area contributed by atoms with E-state index in [2.05, 4.69) is 44.2 Å². The zero-order chi connectivity index (χ0) is 18.5. The third-order valence-corrected chi connectivity index (χ3v) is 4.67. The van der Waals surface area contributed by atoms with Crippen molar-refractivity contribution in [1.29, 1.82) is 0 Å². The van der Waals surface area contributed by atoms with E-state index in [0.717, 1.165) is 36.2 Å². The summed E-state index contributed by atoms with van der Waals surface area (Å²) < 4.78 is 5.18. The van der Waals surface area contributed by atoms with Gasteiger partial charge in [-0.05, 0) is 42.5 Å². The van der Waals surface area contributed by atoms with Gasteiger partial charge in [0, 0.05) is 25.7 Å². The molecule has 2 heterocycles.